The normalized spacial score (nSPS) is 14.8. The summed E-state index contributed by atoms with van der Waals surface area (Å²) in [5.41, 5.74) is -1.00. The highest BCUT2D eigenvalue weighted by Crippen LogP contribution is 2.29. The van der Waals surface area contributed by atoms with E-state index in [-0.39, 0.29) is 17.8 Å². The third-order valence-corrected chi connectivity index (χ3v) is 2.44. The van der Waals surface area contributed by atoms with Crippen LogP contribution in [0.5, 0.6) is 0 Å². The van der Waals surface area contributed by atoms with Crippen molar-refractivity contribution < 1.29 is 18.3 Å². The van der Waals surface area contributed by atoms with Crippen LogP contribution in [0.25, 0.3) is 0 Å². The first-order valence-corrected chi connectivity index (χ1v) is 6.37. The van der Waals surface area contributed by atoms with Crippen LogP contribution >= 0.6 is 0 Å². The van der Waals surface area contributed by atoms with Crippen LogP contribution in [-0.2, 0) is 6.18 Å². The van der Waals surface area contributed by atoms with E-state index in [1.54, 1.807) is 20.8 Å². The summed E-state index contributed by atoms with van der Waals surface area (Å²) in [7, 11) is 0. The second-order valence-corrected chi connectivity index (χ2v) is 4.62. The van der Waals surface area contributed by atoms with Crippen LogP contribution in [0.4, 0.5) is 24.9 Å². The molecule has 0 amide bonds. The van der Waals surface area contributed by atoms with Gasteiger partial charge in [0.25, 0.3) is 0 Å². The molecule has 0 aliphatic rings. The number of nitrogens with one attached hydrogen (secondary N) is 2. The molecule has 1 aromatic heterocycles. The van der Waals surface area contributed by atoms with Crippen molar-refractivity contribution in [1.29, 1.82) is 0 Å². The van der Waals surface area contributed by atoms with Gasteiger partial charge in [0.2, 0.25) is 5.95 Å². The molecule has 0 spiro atoms. The number of hydrogen-bond acceptors (Lipinski definition) is 5. The number of nitrogens with zero attached hydrogens (tertiary/aromatic N) is 2. The van der Waals surface area contributed by atoms with Crippen LogP contribution in [0.15, 0.2) is 6.07 Å². The van der Waals surface area contributed by atoms with Gasteiger partial charge in [-0.1, -0.05) is 0 Å². The maximum Gasteiger partial charge on any atom is 0.433 e. The van der Waals surface area contributed by atoms with Gasteiger partial charge in [-0.2, -0.15) is 18.2 Å². The molecule has 0 aromatic carbocycles. The zero-order valence-corrected chi connectivity index (χ0v) is 11.6. The lowest BCUT2D eigenvalue weighted by atomic mass is 10.1. The summed E-state index contributed by atoms with van der Waals surface area (Å²) in [4.78, 5) is 7.39. The Balaban J connectivity index is 2.97. The average Bonchev–Trinajstić information content (AvgIpc) is 2.26. The minimum atomic E-state index is -4.53. The summed E-state index contributed by atoms with van der Waals surface area (Å²) in [6, 6.07) is 0.653. The second kappa shape index (κ2) is 6.74. The smallest absolute Gasteiger partial charge is 0.393 e. The first-order valence-electron chi connectivity index (χ1n) is 6.37. The van der Waals surface area contributed by atoms with Crippen molar-refractivity contribution in [3.05, 3.63) is 11.8 Å². The number of rotatable bonds is 6. The largest absolute Gasteiger partial charge is 0.433 e. The molecule has 1 rings (SSSR count). The summed E-state index contributed by atoms with van der Waals surface area (Å²) in [6.45, 7) is 5.54. The molecule has 0 fully saturated rings. The molecule has 20 heavy (non-hydrogen) atoms. The molecule has 0 saturated heterocycles. The molecule has 114 valence electrons. The van der Waals surface area contributed by atoms with Crippen molar-refractivity contribution in [2.45, 2.75) is 45.5 Å². The summed E-state index contributed by atoms with van der Waals surface area (Å²) in [5.74, 6) is 0.00509. The number of aliphatic hydroxyl groups is 1. The maximum atomic E-state index is 12.7. The Morgan fingerprint density at radius 2 is 1.95 bits per heavy atom. The number of anilines is 2. The summed E-state index contributed by atoms with van der Waals surface area (Å²) in [5, 5.41) is 14.8. The lowest BCUT2D eigenvalue weighted by Gasteiger charge is -2.17. The molecule has 3 N–H and O–H groups in total. The Kier molecular flexibility index (Phi) is 5.55. The van der Waals surface area contributed by atoms with E-state index < -0.39 is 18.0 Å². The fraction of sp³-hybridized carbons (Fsp3) is 0.667. The molecule has 0 saturated carbocycles. The summed E-state index contributed by atoms with van der Waals surface area (Å²) >= 11 is 0. The van der Waals surface area contributed by atoms with Gasteiger partial charge in [-0.05, 0) is 27.2 Å². The molecular formula is C12H19F3N4O. The molecule has 0 aliphatic carbocycles. The predicted octanol–water partition coefficient (Wildman–Crippen LogP) is 2.50. The molecule has 8 heteroatoms. The Bertz CT molecular complexity index is 437. The molecule has 0 bridgehead atoms. The van der Waals surface area contributed by atoms with Crippen molar-refractivity contribution >= 4 is 11.8 Å². The quantitative estimate of drug-likeness (QED) is 0.751. The van der Waals surface area contributed by atoms with Crippen LogP contribution < -0.4 is 10.6 Å². The average molecular weight is 292 g/mol. The fourth-order valence-electron chi connectivity index (χ4n) is 1.73. The third-order valence-electron chi connectivity index (χ3n) is 2.44. The van der Waals surface area contributed by atoms with Gasteiger partial charge in [0, 0.05) is 18.7 Å². The van der Waals surface area contributed by atoms with Crippen LogP contribution in [0.3, 0.4) is 0 Å². The Morgan fingerprint density at radius 3 is 2.45 bits per heavy atom. The molecular weight excluding hydrogens is 273 g/mol. The Hall–Kier alpha value is -1.57. The van der Waals surface area contributed by atoms with Crippen molar-refractivity contribution in [2.24, 2.45) is 0 Å². The maximum absolute atomic E-state index is 12.7. The first kappa shape index (κ1) is 16.5. The third kappa shape index (κ3) is 5.20. The van der Waals surface area contributed by atoms with E-state index in [4.69, 9.17) is 0 Å². The van der Waals surface area contributed by atoms with Crippen LogP contribution in [0.2, 0.25) is 0 Å². The number of aliphatic hydroxyl groups excluding tert-OH is 1. The molecule has 1 heterocycles. The van der Waals surface area contributed by atoms with E-state index >= 15 is 0 Å². The lowest BCUT2D eigenvalue weighted by Crippen LogP contribution is -2.22. The zero-order chi connectivity index (χ0) is 15.3. The van der Waals surface area contributed by atoms with Gasteiger partial charge in [-0.15, -0.1) is 0 Å². The monoisotopic (exact) mass is 292 g/mol. The van der Waals surface area contributed by atoms with Gasteiger partial charge in [-0.3, -0.25) is 0 Å². The van der Waals surface area contributed by atoms with Crippen LogP contribution in [0, 0.1) is 0 Å². The molecule has 2 atom stereocenters. The number of alkyl halides is 3. The van der Waals surface area contributed by atoms with E-state index in [2.05, 4.69) is 20.6 Å². The van der Waals surface area contributed by atoms with Crippen LogP contribution in [-0.4, -0.2) is 33.8 Å². The standard InChI is InChI=1S/C12H19F3N4O/c1-4-16-11-18-9(12(13,14)15)6-10(19-11)17-7(2)5-8(3)20/h6-8,20H,4-5H2,1-3H3,(H2,16,17,18,19). The second-order valence-electron chi connectivity index (χ2n) is 4.62. The SMILES string of the molecule is CCNc1nc(NC(C)CC(C)O)cc(C(F)(F)F)n1. The van der Waals surface area contributed by atoms with Gasteiger partial charge < -0.3 is 15.7 Å². The lowest BCUT2D eigenvalue weighted by molar-refractivity contribution is -0.141. The highest BCUT2D eigenvalue weighted by molar-refractivity contribution is 5.43. The number of halogens is 3. The van der Waals surface area contributed by atoms with Crippen molar-refractivity contribution in [2.75, 3.05) is 17.2 Å². The molecule has 0 radical (unpaired) electrons. The van der Waals surface area contributed by atoms with Gasteiger partial charge in [0.05, 0.1) is 6.10 Å². The Morgan fingerprint density at radius 1 is 1.30 bits per heavy atom. The van der Waals surface area contributed by atoms with E-state index in [9.17, 15) is 18.3 Å². The molecule has 2 unspecified atom stereocenters. The number of aromatic nitrogens is 2. The van der Waals surface area contributed by atoms with E-state index in [0.717, 1.165) is 6.07 Å². The fourth-order valence-corrected chi connectivity index (χ4v) is 1.73. The highest BCUT2D eigenvalue weighted by atomic mass is 19.4. The highest BCUT2D eigenvalue weighted by Gasteiger charge is 2.33. The van der Waals surface area contributed by atoms with Crippen LogP contribution in [0.1, 0.15) is 32.9 Å². The number of hydrogen-bond donors (Lipinski definition) is 3. The Labute approximate surface area is 115 Å². The van der Waals surface area contributed by atoms with Crippen molar-refractivity contribution in [3.8, 4) is 0 Å². The van der Waals surface area contributed by atoms with Gasteiger partial charge in [-0.25, -0.2) is 4.98 Å². The minimum Gasteiger partial charge on any atom is -0.393 e. The predicted molar refractivity (Wildman–Crippen MR) is 70.6 cm³/mol. The van der Waals surface area contributed by atoms with Crippen molar-refractivity contribution in [1.82, 2.24) is 9.97 Å². The zero-order valence-electron chi connectivity index (χ0n) is 11.6. The van der Waals surface area contributed by atoms with Gasteiger partial charge >= 0.3 is 6.18 Å². The van der Waals surface area contributed by atoms with Gasteiger partial charge in [0.15, 0.2) is 5.69 Å². The van der Waals surface area contributed by atoms with E-state index in [0.29, 0.717) is 13.0 Å². The molecule has 1 aromatic rings. The summed E-state index contributed by atoms with van der Waals surface area (Å²) in [6.07, 6.45) is -4.67. The van der Waals surface area contributed by atoms with E-state index in [1.807, 2.05) is 0 Å². The molecule has 5 nitrogen and oxygen atoms in total. The van der Waals surface area contributed by atoms with Gasteiger partial charge in [0.1, 0.15) is 5.82 Å². The minimum absolute atomic E-state index is 0.0749. The topological polar surface area (TPSA) is 70.1 Å². The van der Waals surface area contributed by atoms with Crippen molar-refractivity contribution in [3.63, 3.8) is 0 Å². The van der Waals surface area contributed by atoms with E-state index in [1.165, 1.54) is 0 Å². The first-order chi connectivity index (χ1) is 9.22. The molecule has 0 aliphatic heterocycles. The summed E-state index contributed by atoms with van der Waals surface area (Å²) < 4.78 is 38.2.